The Labute approximate surface area is 113 Å². The number of benzene rings is 2. The summed E-state index contributed by atoms with van der Waals surface area (Å²) in [5.41, 5.74) is 2.39. The monoisotopic (exact) mass is 257 g/mol. The number of aliphatic hydroxyl groups is 1. The van der Waals surface area contributed by atoms with Crippen LogP contribution in [0.2, 0.25) is 0 Å². The van der Waals surface area contributed by atoms with Gasteiger partial charge >= 0.3 is 0 Å². The molecule has 0 fully saturated rings. The van der Waals surface area contributed by atoms with Crippen LogP contribution in [0.4, 0.5) is 0 Å². The fraction of sp³-hybridized carbons (Fsp3) is 0.250. The predicted octanol–water partition coefficient (Wildman–Crippen LogP) is 2.31. The molecule has 0 amide bonds. The van der Waals surface area contributed by atoms with Gasteiger partial charge in [0.25, 0.3) is 0 Å². The lowest BCUT2D eigenvalue weighted by Gasteiger charge is -2.08. The van der Waals surface area contributed by atoms with Crippen LogP contribution in [0.3, 0.4) is 0 Å². The van der Waals surface area contributed by atoms with E-state index in [4.69, 9.17) is 9.84 Å². The van der Waals surface area contributed by atoms with Crippen molar-refractivity contribution in [1.29, 1.82) is 0 Å². The fourth-order valence-electron chi connectivity index (χ4n) is 1.82. The van der Waals surface area contributed by atoms with Crippen LogP contribution < -0.4 is 10.1 Å². The minimum absolute atomic E-state index is 0.159. The third-order valence-corrected chi connectivity index (χ3v) is 2.80. The standard InChI is InChI=1S/C16H19NO2/c18-12-10-17-11-13-19-16-8-6-15(7-9-16)14-4-2-1-3-5-14/h1-9,17-18H,10-13H2. The molecule has 0 aliphatic rings. The van der Waals surface area contributed by atoms with Crippen molar-refractivity contribution in [3.05, 3.63) is 54.6 Å². The van der Waals surface area contributed by atoms with Crippen LogP contribution in [-0.4, -0.2) is 31.4 Å². The Bertz CT molecular complexity index is 468. The molecule has 0 aliphatic heterocycles. The van der Waals surface area contributed by atoms with Gasteiger partial charge in [-0.1, -0.05) is 42.5 Å². The Hall–Kier alpha value is -1.84. The molecule has 0 bridgehead atoms. The number of hydrogen-bond donors (Lipinski definition) is 2. The maximum atomic E-state index is 8.62. The highest BCUT2D eigenvalue weighted by molar-refractivity contribution is 5.63. The van der Waals surface area contributed by atoms with Crippen molar-refractivity contribution in [1.82, 2.24) is 5.32 Å². The second-order valence-corrected chi connectivity index (χ2v) is 4.21. The number of rotatable bonds is 7. The van der Waals surface area contributed by atoms with Crippen LogP contribution >= 0.6 is 0 Å². The minimum Gasteiger partial charge on any atom is -0.492 e. The lowest BCUT2D eigenvalue weighted by Crippen LogP contribution is -2.23. The summed E-state index contributed by atoms with van der Waals surface area (Å²) >= 11 is 0. The Morgan fingerprint density at radius 1 is 0.842 bits per heavy atom. The molecule has 0 spiro atoms. The van der Waals surface area contributed by atoms with Crippen molar-refractivity contribution < 1.29 is 9.84 Å². The van der Waals surface area contributed by atoms with Crippen molar-refractivity contribution in [3.8, 4) is 16.9 Å². The fourth-order valence-corrected chi connectivity index (χ4v) is 1.82. The van der Waals surface area contributed by atoms with Crippen LogP contribution in [0.5, 0.6) is 5.75 Å². The van der Waals surface area contributed by atoms with E-state index in [0.717, 1.165) is 12.3 Å². The van der Waals surface area contributed by atoms with Crippen LogP contribution in [0, 0.1) is 0 Å². The first kappa shape index (κ1) is 13.6. The summed E-state index contributed by atoms with van der Waals surface area (Å²) in [6, 6.07) is 18.4. The van der Waals surface area contributed by atoms with Crippen molar-refractivity contribution in [2.45, 2.75) is 0 Å². The molecule has 100 valence electrons. The maximum absolute atomic E-state index is 8.62. The van der Waals surface area contributed by atoms with E-state index in [1.165, 1.54) is 11.1 Å². The van der Waals surface area contributed by atoms with Crippen LogP contribution in [-0.2, 0) is 0 Å². The topological polar surface area (TPSA) is 41.5 Å². The van der Waals surface area contributed by atoms with Gasteiger partial charge < -0.3 is 15.2 Å². The molecule has 2 aromatic rings. The highest BCUT2D eigenvalue weighted by Gasteiger charge is 1.97. The van der Waals surface area contributed by atoms with Gasteiger partial charge in [0.1, 0.15) is 12.4 Å². The number of ether oxygens (including phenoxy) is 1. The summed E-state index contributed by atoms with van der Waals surface area (Å²) in [5, 5.41) is 11.7. The zero-order chi connectivity index (χ0) is 13.3. The molecule has 2 N–H and O–H groups in total. The van der Waals surface area contributed by atoms with E-state index in [-0.39, 0.29) is 6.61 Å². The first-order chi connectivity index (χ1) is 9.40. The third-order valence-electron chi connectivity index (χ3n) is 2.80. The van der Waals surface area contributed by atoms with Gasteiger partial charge in [-0.2, -0.15) is 0 Å². The van der Waals surface area contributed by atoms with E-state index >= 15 is 0 Å². The predicted molar refractivity (Wildman–Crippen MR) is 77.3 cm³/mol. The largest absolute Gasteiger partial charge is 0.492 e. The molecule has 3 heteroatoms. The molecule has 0 heterocycles. The van der Waals surface area contributed by atoms with Crippen LogP contribution in [0.15, 0.2) is 54.6 Å². The van der Waals surface area contributed by atoms with Gasteiger partial charge in [-0.05, 0) is 23.3 Å². The normalized spacial score (nSPS) is 10.4. The van der Waals surface area contributed by atoms with Gasteiger partial charge in [0.05, 0.1) is 6.61 Å². The lowest BCUT2D eigenvalue weighted by molar-refractivity contribution is 0.276. The molecule has 0 aromatic heterocycles. The van der Waals surface area contributed by atoms with E-state index in [1.54, 1.807) is 0 Å². The van der Waals surface area contributed by atoms with Crippen molar-refractivity contribution >= 4 is 0 Å². The number of hydrogen-bond acceptors (Lipinski definition) is 3. The van der Waals surface area contributed by atoms with Crippen molar-refractivity contribution in [3.63, 3.8) is 0 Å². The Kier molecular flexibility index (Phi) is 5.41. The summed E-state index contributed by atoms with van der Waals surface area (Å²) in [6.07, 6.45) is 0. The molecule has 2 aromatic carbocycles. The van der Waals surface area contributed by atoms with Gasteiger partial charge in [0.15, 0.2) is 0 Å². The van der Waals surface area contributed by atoms with Gasteiger partial charge in [-0.25, -0.2) is 0 Å². The molecule has 3 nitrogen and oxygen atoms in total. The summed E-state index contributed by atoms with van der Waals surface area (Å²) in [4.78, 5) is 0. The van der Waals surface area contributed by atoms with E-state index in [9.17, 15) is 0 Å². The van der Waals surface area contributed by atoms with Crippen molar-refractivity contribution in [2.75, 3.05) is 26.3 Å². The van der Waals surface area contributed by atoms with E-state index in [2.05, 4.69) is 29.6 Å². The van der Waals surface area contributed by atoms with Crippen LogP contribution in [0.1, 0.15) is 0 Å². The molecule has 0 saturated heterocycles. The molecular formula is C16H19NO2. The van der Waals surface area contributed by atoms with Gasteiger partial charge in [-0.3, -0.25) is 0 Å². The highest BCUT2D eigenvalue weighted by Crippen LogP contribution is 2.21. The second-order valence-electron chi connectivity index (χ2n) is 4.21. The zero-order valence-electron chi connectivity index (χ0n) is 10.9. The van der Waals surface area contributed by atoms with Gasteiger partial charge in [0, 0.05) is 13.1 Å². The van der Waals surface area contributed by atoms with Crippen molar-refractivity contribution in [2.24, 2.45) is 0 Å². The van der Waals surface area contributed by atoms with E-state index in [1.807, 2.05) is 30.3 Å². The highest BCUT2D eigenvalue weighted by atomic mass is 16.5. The SMILES string of the molecule is OCCNCCOc1ccc(-c2ccccc2)cc1. The summed E-state index contributed by atoms with van der Waals surface area (Å²) in [5.74, 6) is 0.866. The Morgan fingerprint density at radius 3 is 2.21 bits per heavy atom. The molecular weight excluding hydrogens is 238 g/mol. The molecule has 2 rings (SSSR count). The third kappa shape index (κ3) is 4.39. The maximum Gasteiger partial charge on any atom is 0.119 e. The average molecular weight is 257 g/mol. The molecule has 0 saturated carbocycles. The van der Waals surface area contributed by atoms with E-state index < -0.39 is 0 Å². The Balaban J connectivity index is 1.85. The molecule has 0 unspecified atom stereocenters. The summed E-state index contributed by atoms with van der Waals surface area (Å²) in [7, 11) is 0. The number of nitrogens with one attached hydrogen (secondary N) is 1. The molecule has 19 heavy (non-hydrogen) atoms. The smallest absolute Gasteiger partial charge is 0.119 e. The first-order valence-electron chi connectivity index (χ1n) is 6.50. The van der Waals surface area contributed by atoms with Gasteiger partial charge in [0.2, 0.25) is 0 Å². The zero-order valence-corrected chi connectivity index (χ0v) is 10.9. The first-order valence-corrected chi connectivity index (χ1v) is 6.50. The second kappa shape index (κ2) is 7.56. The quantitative estimate of drug-likeness (QED) is 0.748. The lowest BCUT2D eigenvalue weighted by atomic mass is 10.1. The summed E-state index contributed by atoms with van der Waals surface area (Å²) in [6.45, 7) is 2.10. The minimum atomic E-state index is 0.159. The molecule has 0 atom stereocenters. The molecule has 0 aliphatic carbocycles. The van der Waals surface area contributed by atoms with E-state index in [0.29, 0.717) is 13.2 Å². The molecule has 0 radical (unpaired) electrons. The van der Waals surface area contributed by atoms with Crippen LogP contribution in [0.25, 0.3) is 11.1 Å². The van der Waals surface area contributed by atoms with Gasteiger partial charge in [-0.15, -0.1) is 0 Å². The average Bonchev–Trinajstić information content (AvgIpc) is 2.49. The summed E-state index contributed by atoms with van der Waals surface area (Å²) < 4.78 is 5.60. The Morgan fingerprint density at radius 2 is 1.53 bits per heavy atom. The number of aliphatic hydroxyl groups excluding tert-OH is 1.